The summed E-state index contributed by atoms with van der Waals surface area (Å²) in [5, 5.41) is 11.9. The molecule has 0 spiro atoms. The zero-order valence-corrected chi connectivity index (χ0v) is 10.7. The molecule has 2 N–H and O–H groups in total. The number of aryl methyl sites for hydroxylation is 1. The van der Waals surface area contributed by atoms with Crippen molar-refractivity contribution in [3.63, 3.8) is 0 Å². The molecule has 6 heteroatoms. The highest BCUT2D eigenvalue weighted by Crippen LogP contribution is 2.20. The lowest BCUT2D eigenvalue weighted by molar-refractivity contribution is 0.0994. The second-order valence-corrected chi connectivity index (χ2v) is 4.77. The van der Waals surface area contributed by atoms with Crippen molar-refractivity contribution in [2.75, 3.05) is 12.3 Å². The van der Waals surface area contributed by atoms with Crippen LogP contribution in [0.1, 0.15) is 19.3 Å². The van der Waals surface area contributed by atoms with E-state index in [1.807, 2.05) is 28.9 Å². The zero-order valence-electron chi connectivity index (χ0n) is 10.7. The molecule has 3 rings (SSSR count). The number of hydrogen-bond acceptors (Lipinski definition) is 5. The maximum absolute atomic E-state index is 5.68. The van der Waals surface area contributed by atoms with E-state index in [2.05, 4.69) is 15.5 Å². The predicted octanol–water partition coefficient (Wildman–Crippen LogP) is 1.49. The van der Waals surface area contributed by atoms with Gasteiger partial charge in [0.25, 0.3) is 0 Å². The molecule has 6 nitrogen and oxygen atoms in total. The zero-order chi connectivity index (χ0) is 13.1. The van der Waals surface area contributed by atoms with Crippen molar-refractivity contribution in [2.45, 2.75) is 31.9 Å². The minimum Gasteiger partial charge on any atom is -0.399 e. The second-order valence-electron chi connectivity index (χ2n) is 4.77. The minimum atomic E-state index is 0.350. The number of aromatic nitrogens is 4. The van der Waals surface area contributed by atoms with Crippen LogP contribution in [0.3, 0.4) is 0 Å². The topological polar surface area (TPSA) is 78.9 Å². The quantitative estimate of drug-likeness (QED) is 0.841. The Morgan fingerprint density at radius 1 is 1.32 bits per heavy atom. The van der Waals surface area contributed by atoms with E-state index >= 15 is 0 Å². The number of nitrogens with zero attached hydrogens (tertiary/aromatic N) is 4. The van der Waals surface area contributed by atoms with Gasteiger partial charge in [0.1, 0.15) is 0 Å². The minimum absolute atomic E-state index is 0.350. The largest absolute Gasteiger partial charge is 0.399 e. The Bertz CT molecular complexity index is 530. The molecule has 2 heterocycles. The van der Waals surface area contributed by atoms with Crippen LogP contribution in [0.4, 0.5) is 5.69 Å². The Labute approximate surface area is 111 Å². The van der Waals surface area contributed by atoms with Crippen LogP contribution < -0.4 is 5.73 Å². The average molecular weight is 259 g/mol. The first-order valence-electron chi connectivity index (χ1n) is 6.56. The summed E-state index contributed by atoms with van der Waals surface area (Å²) in [6.45, 7) is 1.66. The normalized spacial score (nSPS) is 18.8. The summed E-state index contributed by atoms with van der Waals surface area (Å²) >= 11 is 0. The molecule has 0 radical (unpaired) electrons. The van der Waals surface area contributed by atoms with Gasteiger partial charge in [-0.3, -0.25) is 0 Å². The molecule has 1 aromatic heterocycles. The Kier molecular flexibility index (Phi) is 3.41. The summed E-state index contributed by atoms with van der Waals surface area (Å²) in [6, 6.07) is 7.58. The van der Waals surface area contributed by atoms with E-state index < -0.39 is 0 Å². The molecule has 0 saturated carbocycles. The molecule has 100 valence electrons. The van der Waals surface area contributed by atoms with Gasteiger partial charge in [0.05, 0.1) is 6.10 Å². The standard InChI is InChI=1S/C13H17N5O/c14-11-5-3-10(4-6-11)13-15-16-17-18(13)8-7-12-2-1-9-19-12/h3-6,12H,1-2,7-9,14H2. The van der Waals surface area contributed by atoms with Crippen LogP contribution in [0.2, 0.25) is 0 Å². The fourth-order valence-corrected chi connectivity index (χ4v) is 2.33. The molecular weight excluding hydrogens is 242 g/mol. The van der Waals surface area contributed by atoms with Crippen molar-refractivity contribution >= 4 is 5.69 Å². The lowest BCUT2D eigenvalue weighted by Crippen LogP contribution is -2.12. The van der Waals surface area contributed by atoms with Crippen molar-refractivity contribution < 1.29 is 4.74 Å². The fraction of sp³-hybridized carbons (Fsp3) is 0.462. The molecule has 1 fully saturated rings. The van der Waals surface area contributed by atoms with E-state index in [0.29, 0.717) is 6.10 Å². The van der Waals surface area contributed by atoms with E-state index in [1.165, 1.54) is 0 Å². The predicted molar refractivity (Wildman–Crippen MR) is 71.3 cm³/mol. The lowest BCUT2D eigenvalue weighted by Gasteiger charge is -2.09. The van der Waals surface area contributed by atoms with Gasteiger partial charge in [-0.15, -0.1) is 5.10 Å². The van der Waals surface area contributed by atoms with Crippen LogP contribution in [0.25, 0.3) is 11.4 Å². The third kappa shape index (κ3) is 2.73. The van der Waals surface area contributed by atoms with Crippen LogP contribution in [0, 0.1) is 0 Å². The smallest absolute Gasteiger partial charge is 0.182 e. The van der Waals surface area contributed by atoms with E-state index in [-0.39, 0.29) is 0 Å². The summed E-state index contributed by atoms with van der Waals surface area (Å²) in [6.07, 6.45) is 3.60. The summed E-state index contributed by atoms with van der Waals surface area (Å²) in [5.41, 5.74) is 7.40. The highest BCUT2D eigenvalue weighted by molar-refractivity contribution is 5.58. The molecule has 2 aromatic rings. The molecular formula is C13H17N5O. The Hall–Kier alpha value is -1.95. The van der Waals surface area contributed by atoms with Crippen LogP contribution in [-0.2, 0) is 11.3 Å². The number of nitrogens with two attached hydrogens (primary N) is 1. The summed E-state index contributed by atoms with van der Waals surface area (Å²) in [4.78, 5) is 0. The Morgan fingerprint density at radius 3 is 2.89 bits per heavy atom. The number of rotatable bonds is 4. The van der Waals surface area contributed by atoms with Gasteiger partial charge in [-0.05, 0) is 54.0 Å². The molecule has 0 bridgehead atoms. The van der Waals surface area contributed by atoms with Crippen molar-refractivity contribution in [2.24, 2.45) is 0 Å². The van der Waals surface area contributed by atoms with E-state index in [9.17, 15) is 0 Å². The van der Waals surface area contributed by atoms with Crippen LogP contribution >= 0.6 is 0 Å². The number of hydrogen-bond donors (Lipinski definition) is 1. The van der Waals surface area contributed by atoms with Gasteiger partial charge in [0, 0.05) is 24.4 Å². The van der Waals surface area contributed by atoms with E-state index in [4.69, 9.17) is 10.5 Å². The number of tetrazole rings is 1. The fourth-order valence-electron chi connectivity index (χ4n) is 2.33. The SMILES string of the molecule is Nc1ccc(-c2nnnn2CCC2CCCO2)cc1. The molecule has 1 aliphatic rings. The summed E-state index contributed by atoms with van der Waals surface area (Å²) in [7, 11) is 0. The van der Waals surface area contributed by atoms with Gasteiger partial charge >= 0.3 is 0 Å². The van der Waals surface area contributed by atoms with Crippen molar-refractivity contribution in [1.82, 2.24) is 20.2 Å². The van der Waals surface area contributed by atoms with Crippen LogP contribution in [0.15, 0.2) is 24.3 Å². The average Bonchev–Trinajstić information content (AvgIpc) is 3.08. The van der Waals surface area contributed by atoms with Gasteiger partial charge in [-0.1, -0.05) is 0 Å². The van der Waals surface area contributed by atoms with Crippen molar-refractivity contribution in [3.8, 4) is 11.4 Å². The van der Waals surface area contributed by atoms with Crippen LogP contribution in [0.5, 0.6) is 0 Å². The second kappa shape index (κ2) is 5.36. The molecule has 0 amide bonds. The van der Waals surface area contributed by atoms with Gasteiger partial charge in [0.15, 0.2) is 5.82 Å². The molecule has 1 unspecified atom stereocenters. The first-order valence-corrected chi connectivity index (χ1v) is 6.56. The number of ether oxygens (including phenoxy) is 1. The maximum Gasteiger partial charge on any atom is 0.182 e. The molecule has 0 aliphatic carbocycles. The molecule has 1 saturated heterocycles. The molecule has 19 heavy (non-hydrogen) atoms. The van der Waals surface area contributed by atoms with E-state index in [0.717, 1.165) is 49.5 Å². The van der Waals surface area contributed by atoms with Gasteiger partial charge < -0.3 is 10.5 Å². The van der Waals surface area contributed by atoms with Crippen molar-refractivity contribution in [3.05, 3.63) is 24.3 Å². The van der Waals surface area contributed by atoms with Gasteiger partial charge in [-0.2, -0.15) is 0 Å². The lowest BCUT2D eigenvalue weighted by atomic mass is 10.1. The number of anilines is 1. The first-order chi connectivity index (χ1) is 9.33. The molecule has 1 atom stereocenters. The number of benzene rings is 1. The van der Waals surface area contributed by atoms with Crippen LogP contribution in [-0.4, -0.2) is 32.9 Å². The Morgan fingerprint density at radius 2 is 2.16 bits per heavy atom. The number of nitrogen functional groups attached to an aromatic ring is 1. The van der Waals surface area contributed by atoms with Gasteiger partial charge in [-0.25, -0.2) is 4.68 Å². The first kappa shape index (κ1) is 12.1. The third-order valence-electron chi connectivity index (χ3n) is 3.39. The van der Waals surface area contributed by atoms with E-state index in [1.54, 1.807) is 0 Å². The Balaban J connectivity index is 1.72. The van der Waals surface area contributed by atoms with Gasteiger partial charge in [0.2, 0.25) is 0 Å². The third-order valence-corrected chi connectivity index (χ3v) is 3.39. The highest BCUT2D eigenvalue weighted by atomic mass is 16.5. The maximum atomic E-state index is 5.68. The highest BCUT2D eigenvalue weighted by Gasteiger charge is 2.17. The molecule has 1 aliphatic heterocycles. The monoisotopic (exact) mass is 259 g/mol. The summed E-state index contributed by atoms with van der Waals surface area (Å²) in [5.74, 6) is 0.776. The van der Waals surface area contributed by atoms with Crippen molar-refractivity contribution in [1.29, 1.82) is 0 Å². The molecule has 1 aromatic carbocycles. The summed E-state index contributed by atoms with van der Waals surface area (Å²) < 4.78 is 7.44.